The van der Waals surface area contributed by atoms with E-state index in [1.165, 1.54) is 10.6 Å². The summed E-state index contributed by atoms with van der Waals surface area (Å²) >= 11 is 0. The lowest BCUT2D eigenvalue weighted by atomic mass is 10.3. The normalized spacial score (nSPS) is 10.7. The SMILES string of the molecule is COCCP(c1ccc(OC)cc1)c1ccc(OC)cc1. The lowest BCUT2D eigenvalue weighted by Gasteiger charge is -2.19. The van der Waals surface area contributed by atoms with Crippen molar-refractivity contribution in [1.29, 1.82) is 0 Å². The van der Waals surface area contributed by atoms with E-state index in [0.717, 1.165) is 24.3 Å². The molecule has 0 aromatic heterocycles. The van der Waals surface area contributed by atoms with E-state index in [9.17, 15) is 0 Å². The molecule has 21 heavy (non-hydrogen) atoms. The van der Waals surface area contributed by atoms with Crippen LogP contribution in [0, 0.1) is 0 Å². The molecule has 0 unspecified atom stereocenters. The molecule has 0 fully saturated rings. The zero-order valence-electron chi connectivity index (χ0n) is 12.7. The maximum Gasteiger partial charge on any atom is 0.118 e. The highest BCUT2D eigenvalue weighted by atomic mass is 31.1. The second kappa shape index (κ2) is 8.02. The van der Waals surface area contributed by atoms with Crippen molar-refractivity contribution in [3.63, 3.8) is 0 Å². The average molecular weight is 304 g/mol. The molecule has 2 aromatic carbocycles. The molecule has 0 N–H and O–H groups in total. The van der Waals surface area contributed by atoms with E-state index < -0.39 is 7.92 Å². The second-order valence-electron chi connectivity index (χ2n) is 4.54. The van der Waals surface area contributed by atoms with Crippen molar-refractivity contribution >= 4 is 18.5 Å². The van der Waals surface area contributed by atoms with Crippen molar-refractivity contribution in [1.82, 2.24) is 0 Å². The fraction of sp³-hybridized carbons (Fsp3) is 0.294. The van der Waals surface area contributed by atoms with Crippen LogP contribution in [0.1, 0.15) is 0 Å². The Kier molecular flexibility index (Phi) is 6.04. The highest BCUT2D eigenvalue weighted by molar-refractivity contribution is 7.73. The average Bonchev–Trinajstić information content (AvgIpc) is 2.56. The van der Waals surface area contributed by atoms with E-state index in [0.29, 0.717) is 0 Å². The molecule has 0 amide bonds. The first kappa shape index (κ1) is 15.8. The first-order chi connectivity index (χ1) is 10.3. The summed E-state index contributed by atoms with van der Waals surface area (Å²) in [5.41, 5.74) is 0. The molecule has 0 aliphatic carbocycles. The summed E-state index contributed by atoms with van der Waals surface area (Å²) in [7, 11) is 4.69. The highest BCUT2D eigenvalue weighted by Crippen LogP contribution is 2.34. The van der Waals surface area contributed by atoms with Crippen molar-refractivity contribution in [3.8, 4) is 11.5 Å². The minimum absolute atomic E-state index is 0.428. The molecule has 112 valence electrons. The Bertz CT molecular complexity index is 489. The van der Waals surface area contributed by atoms with Crippen LogP contribution in [-0.4, -0.2) is 34.1 Å². The van der Waals surface area contributed by atoms with Crippen molar-refractivity contribution in [2.45, 2.75) is 0 Å². The van der Waals surface area contributed by atoms with Crippen molar-refractivity contribution in [3.05, 3.63) is 48.5 Å². The van der Waals surface area contributed by atoms with Crippen LogP contribution >= 0.6 is 7.92 Å². The molecular formula is C17H21O3P. The Morgan fingerprint density at radius 2 is 1.14 bits per heavy atom. The number of ether oxygens (including phenoxy) is 3. The first-order valence-electron chi connectivity index (χ1n) is 6.83. The second-order valence-corrected chi connectivity index (χ2v) is 6.88. The summed E-state index contributed by atoms with van der Waals surface area (Å²) in [4.78, 5) is 0. The molecule has 0 atom stereocenters. The maximum atomic E-state index is 5.27. The van der Waals surface area contributed by atoms with E-state index in [2.05, 4.69) is 24.3 Å². The molecular weight excluding hydrogens is 283 g/mol. The minimum atomic E-state index is -0.428. The van der Waals surface area contributed by atoms with Gasteiger partial charge in [0.05, 0.1) is 20.8 Å². The fourth-order valence-electron chi connectivity index (χ4n) is 2.11. The smallest absolute Gasteiger partial charge is 0.118 e. The van der Waals surface area contributed by atoms with E-state index in [1.54, 1.807) is 21.3 Å². The van der Waals surface area contributed by atoms with Crippen LogP contribution in [0.15, 0.2) is 48.5 Å². The summed E-state index contributed by atoms with van der Waals surface area (Å²) in [5, 5.41) is 2.65. The van der Waals surface area contributed by atoms with Crippen LogP contribution in [0.2, 0.25) is 0 Å². The minimum Gasteiger partial charge on any atom is -0.497 e. The van der Waals surface area contributed by atoms with E-state index in [4.69, 9.17) is 14.2 Å². The van der Waals surface area contributed by atoms with Gasteiger partial charge in [0.15, 0.2) is 0 Å². The summed E-state index contributed by atoms with van der Waals surface area (Å²) in [5.74, 6) is 1.77. The van der Waals surface area contributed by atoms with Crippen LogP contribution in [0.3, 0.4) is 0 Å². The molecule has 0 saturated heterocycles. The molecule has 0 heterocycles. The van der Waals surface area contributed by atoms with Gasteiger partial charge in [0.1, 0.15) is 11.5 Å². The third-order valence-electron chi connectivity index (χ3n) is 3.29. The van der Waals surface area contributed by atoms with Crippen LogP contribution in [0.25, 0.3) is 0 Å². The third kappa shape index (κ3) is 4.20. The van der Waals surface area contributed by atoms with Crippen molar-refractivity contribution < 1.29 is 14.2 Å². The number of methoxy groups -OCH3 is 3. The molecule has 0 aliphatic rings. The summed E-state index contributed by atoms with van der Waals surface area (Å²) in [6, 6.07) is 16.6. The largest absolute Gasteiger partial charge is 0.497 e. The van der Waals surface area contributed by atoms with Gasteiger partial charge in [0.25, 0.3) is 0 Å². The van der Waals surface area contributed by atoms with Crippen LogP contribution in [-0.2, 0) is 4.74 Å². The number of hydrogen-bond acceptors (Lipinski definition) is 3. The van der Waals surface area contributed by atoms with Gasteiger partial charge >= 0.3 is 0 Å². The van der Waals surface area contributed by atoms with Gasteiger partial charge in [-0.3, -0.25) is 0 Å². The fourth-order valence-corrected chi connectivity index (χ4v) is 4.31. The Morgan fingerprint density at radius 1 is 0.714 bits per heavy atom. The maximum absolute atomic E-state index is 5.27. The van der Waals surface area contributed by atoms with Gasteiger partial charge in [-0.15, -0.1) is 0 Å². The molecule has 2 rings (SSSR count). The summed E-state index contributed by atoms with van der Waals surface area (Å²) in [6.45, 7) is 0.754. The molecule has 0 saturated carbocycles. The summed E-state index contributed by atoms with van der Waals surface area (Å²) in [6.07, 6.45) is 1.00. The monoisotopic (exact) mass is 304 g/mol. The lowest BCUT2D eigenvalue weighted by molar-refractivity contribution is 0.218. The van der Waals surface area contributed by atoms with Crippen LogP contribution in [0.4, 0.5) is 0 Å². The molecule has 0 bridgehead atoms. The number of benzene rings is 2. The lowest BCUT2D eigenvalue weighted by Crippen LogP contribution is -2.16. The zero-order valence-corrected chi connectivity index (χ0v) is 13.6. The topological polar surface area (TPSA) is 27.7 Å². The predicted octanol–water partition coefficient (Wildman–Crippen LogP) is 2.78. The quantitative estimate of drug-likeness (QED) is 0.736. The standard InChI is InChI=1S/C17H21O3P/c1-18-12-13-21(16-8-4-14(19-2)5-9-16)17-10-6-15(20-3)7-11-17/h4-11H,12-13H2,1-3H3. The molecule has 0 spiro atoms. The number of rotatable bonds is 7. The molecule has 3 nitrogen and oxygen atoms in total. The van der Waals surface area contributed by atoms with Gasteiger partial charge in [-0.25, -0.2) is 0 Å². The highest BCUT2D eigenvalue weighted by Gasteiger charge is 2.13. The van der Waals surface area contributed by atoms with E-state index >= 15 is 0 Å². The van der Waals surface area contributed by atoms with Gasteiger partial charge in [-0.1, -0.05) is 24.3 Å². The zero-order chi connectivity index (χ0) is 15.1. The summed E-state index contributed by atoms with van der Waals surface area (Å²) < 4.78 is 15.7. The third-order valence-corrected chi connectivity index (χ3v) is 5.76. The molecule has 4 heteroatoms. The van der Waals surface area contributed by atoms with Gasteiger partial charge in [-0.05, 0) is 49.0 Å². The number of hydrogen-bond donors (Lipinski definition) is 0. The van der Waals surface area contributed by atoms with E-state index in [1.807, 2.05) is 24.3 Å². The Labute approximate surface area is 127 Å². The van der Waals surface area contributed by atoms with Gasteiger partial charge in [0.2, 0.25) is 0 Å². The van der Waals surface area contributed by atoms with E-state index in [-0.39, 0.29) is 0 Å². The van der Waals surface area contributed by atoms with Crippen LogP contribution in [0.5, 0.6) is 11.5 Å². The van der Waals surface area contributed by atoms with Crippen molar-refractivity contribution in [2.24, 2.45) is 0 Å². The van der Waals surface area contributed by atoms with Gasteiger partial charge in [0, 0.05) is 7.11 Å². The Hall–Kier alpha value is -1.57. The van der Waals surface area contributed by atoms with Gasteiger partial charge < -0.3 is 14.2 Å². The Balaban J connectivity index is 2.26. The van der Waals surface area contributed by atoms with Crippen LogP contribution < -0.4 is 20.1 Å². The molecule has 2 aromatic rings. The first-order valence-corrected chi connectivity index (χ1v) is 8.35. The Morgan fingerprint density at radius 3 is 1.48 bits per heavy atom. The predicted molar refractivity (Wildman–Crippen MR) is 88.9 cm³/mol. The molecule has 0 aliphatic heterocycles. The van der Waals surface area contributed by atoms with Gasteiger partial charge in [-0.2, -0.15) is 0 Å². The molecule has 0 radical (unpaired) electrons. The van der Waals surface area contributed by atoms with Crippen molar-refractivity contribution in [2.75, 3.05) is 34.1 Å².